The third-order valence-electron chi connectivity index (χ3n) is 0.829. The van der Waals surface area contributed by atoms with Crippen LogP contribution in [0.5, 0.6) is 0 Å². The van der Waals surface area contributed by atoms with Crippen molar-refractivity contribution in [2.45, 2.75) is 13.7 Å². The van der Waals surface area contributed by atoms with Gasteiger partial charge in [0.2, 0.25) is 0 Å². The summed E-state index contributed by atoms with van der Waals surface area (Å²) in [4.78, 5) is 0. The minimum absolute atomic E-state index is 0.367. The zero-order chi connectivity index (χ0) is 14.5. The van der Waals surface area contributed by atoms with Crippen LogP contribution in [0.3, 0.4) is 0 Å². The monoisotopic (exact) mass is 197 g/mol. The number of nitrogens with zero attached hydrogens (tertiary/aromatic N) is 2. The van der Waals surface area contributed by atoms with E-state index in [4.69, 9.17) is 12.3 Å². The zero-order valence-electron chi connectivity index (χ0n) is 13.3. The molecule has 9 heavy (non-hydrogen) atoms. The van der Waals surface area contributed by atoms with Gasteiger partial charge in [0, 0.05) is 24.9 Å². The van der Waals surface area contributed by atoms with E-state index in [-0.39, 0.29) is 4.60 Å². The summed E-state index contributed by atoms with van der Waals surface area (Å²) in [5, 5.41) is 3.40. The Morgan fingerprint density at radius 2 is 2.56 bits per heavy atom. The highest BCUT2D eigenvalue weighted by atomic mass is 79.9. The number of rotatable bonds is 0. The molecule has 1 heterocycles. The normalized spacial score (nSPS) is 29.2. The van der Waals surface area contributed by atoms with Gasteiger partial charge in [0.1, 0.15) is 4.60 Å². The Balaban J connectivity index is 3.63. The van der Waals surface area contributed by atoms with Crippen LogP contribution in [-0.2, 0) is 6.98 Å². The van der Waals surface area contributed by atoms with E-state index in [1.165, 1.54) is 0 Å². The molecule has 0 amide bonds. The van der Waals surface area contributed by atoms with Gasteiger partial charge in [-0.05, 0) is 29.6 Å². The van der Waals surface area contributed by atoms with E-state index >= 15 is 0 Å². The lowest BCUT2D eigenvalue weighted by Gasteiger charge is -1.88. The van der Waals surface area contributed by atoms with Gasteiger partial charge >= 0.3 is 0 Å². The van der Waals surface area contributed by atoms with E-state index in [1.807, 2.05) is 0 Å². The molecule has 0 N–H and O–H groups in total. The Morgan fingerprint density at radius 3 is 3.00 bits per heavy atom. The fraction of sp³-hybridized carbons (Fsp3) is 0.500. The lowest BCUT2D eigenvalue weighted by Crippen LogP contribution is -1.89. The van der Waals surface area contributed by atoms with Gasteiger partial charge in [-0.2, -0.15) is 5.10 Å². The van der Waals surface area contributed by atoms with Gasteiger partial charge < -0.3 is 0 Å². The molecule has 1 rings (SSSR count). The molecule has 1 aromatic rings. The lowest BCUT2D eigenvalue weighted by molar-refractivity contribution is 0.739. The summed E-state index contributed by atoms with van der Waals surface area (Å²) >= 11 is 2.80. The Morgan fingerprint density at radius 1 is 1.67 bits per heavy atom. The molecule has 0 saturated heterocycles. The van der Waals surface area contributed by atoms with E-state index in [9.17, 15) is 0 Å². The van der Waals surface area contributed by atoms with E-state index in [0.29, 0.717) is 4.68 Å². The molecule has 0 spiro atoms. The van der Waals surface area contributed by atoms with Crippen LogP contribution in [0.25, 0.3) is 0 Å². The fourth-order valence-electron chi connectivity index (χ4n) is 0.398. The zero-order valence-corrected chi connectivity index (χ0v) is 5.86. The van der Waals surface area contributed by atoms with E-state index in [1.54, 1.807) is 0 Å². The topological polar surface area (TPSA) is 17.8 Å². The predicted molar refractivity (Wildman–Crippen MR) is 40.4 cm³/mol. The highest BCUT2D eigenvalue weighted by molar-refractivity contribution is 9.10. The van der Waals surface area contributed by atoms with Crippen molar-refractivity contribution in [2.75, 3.05) is 0 Å². The van der Waals surface area contributed by atoms with Gasteiger partial charge in [-0.25, -0.2) is 0 Å². The minimum atomic E-state index is -2.80. The molecule has 0 atom stereocenters. The van der Waals surface area contributed by atoms with Crippen molar-refractivity contribution in [3.63, 3.8) is 0 Å². The maximum atomic E-state index is 7.27. The number of aryl methyl sites for hydroxylation is 2. The van der Waals surface area contributed by atoms with E-state index in [0.717, 1.165) is 0 Å². The maximum Gasteiger partial charge on any atom is 0.106 e. The molecule has 0 bridgehead atoms. The molecule has 3 heteroatoms. The summed E-state index contributed by atoms with van der Waals surface area (Å²) in [6.07, 6.45) is 0. The lowest BCUT2D eigenvalue weighted by atomic mass is 10.3. The molecule has 0 aliphatic heterocycles. The SMILES string of the molecule is [2H]C([2H])([2H])c1nn(C([2H])([2H])[2H])c(Br)c1C([2H])([2H])[2H]. The Labute approximate surface area is 75.6 Å². The highest BCUT2D eigenvalue weighted by Gasteiger charge is 2.03. The average Bonchev–Trinajstić information content (AvgIpc) is 2.39. The Hall–Kier alpha value is -0.310. The van der Waals surface area contributed by atoms with Crippen molar-refractivity contribution in [1.29, 1.82) is 0 Å². The van der Waals surface area contributed by atoms with E-state index in [2.05, 4.69) is 21.0 Å². The second kappa shape index (κ2) is 2.14. The van der Waals surface area contributed by atoms with Crippen LogP contribution in [0.2, 0.25) is 0 Å². The third kappa shape index (κ3) is 1.01. The van der Waals surface area contributed by atoms with Crippen molar-refractivity contribution in [1.82, 2.24) is 9.78 Å². The van der Waals surface area contributed by atoms with Crippen LogP contribution >= 0.6 is 15.9 Å². The van der Waals surface area contributed by atoms with E-state index < -0.39 is 31.9 Å². The quantitative estimate of drug-likeness (QED) is 0.621. The third-order valence-corrected chi connectivity index (χ3v) is 1.56. The summed E-state index contributed by atoms with van der Waals surface area (Å²) in [6, 6.07) is 0. The molecule has 0 radical (unpaired) electrons. The van der Waals surface area contributed by atoms with Gasteiger partial charge in [-0.15, -0.1) is 0 Å². The van der Waals surface area contributed by atoms with Crippen molar-refractivity contribution < 1.29 is 12.3 Å². The van der Waals surface area contributed by atoms with Crippen LogP contribution in [0.15, 0.2) is 4.60 Å². The van der Waals surface area contributed by atoms with Gasteiger partial charge in [-0.1, -0.05) is 0 Å². The van der Waals surface area contributed by atoms with Crippen molar-refractivity contribution in [3.05, 3.63) is 15.9 Å². The summed E-state index contributed by atoms with van der Waals surface area (Å²) < 4.78 is 65.0. The second-order valence-electron chi connectivity index (χ2n) is 1.43. The molecule has 0 unspecified atom stereocenters. The van der Waals surface area contributed by atoms with Gasteiger partial charge in [0.25, 0.3) is 0 Å². The Kier molecular flexibility index (Phi) is 0.390. The van der Waals surface area contributed by atoms with Gasteiger partial charge in [0.05, 0.1) is 5.69 Å². The molecule has 0 aliphatic rings. The second-order valence-corrected chi connectivity index (χ2v) is 2.18. The van der Waals surface area contributed by atoms with Crippen LogP contribution < -0.4 is 0 Å². The molecule has 0 saturated carbocycles. The molecule has 2 nitrogen and oxygen atoms in total. The molecule has 1 aromatic heterocycles. The van der Waals surface area contributed by atoms with Crippen LogP contribution in [0, 0.1) is 13.7 Å². The first-order valence-electron chi connectivity index (χ1n) is 6.56. The van der Waals surface area contributed by atoms with Gasteiger partial charge in [-0.3, -0.25) is 4.68 Å². The van der Waals surface area contributed by atoms with Gasteiger partial charge in [0.15, 0.2) is 0 Å². The first-order valence-corrected chi connectivity index (χ1v) is 2.85. The molecule has 0 aromatic carbocycles. The fourth-order valence-corrected chi connectivity index (χ4v) is 0.665. The average molecular weight is 198 g/mol. The van der Waals surface area contributed by atoms with Crippen molar-refractivity contribution >= 4 is 15.9 Å². The predicted octanol–water partition coefficient (Wildman–Crippen LogP) is 1.80. The number of hydrogen-bond acceptors (Lipinski definition) is 1. The standard InChI is InChI=1S/C6H9BrN2/c1-4-5(2)8-9(3)6(4)7/h1-3H3/i1D3,2D3,3D3. The largest absolute Gasteiger partial charge is 0.261 e. The highest BCUT2D eigenvalue weighted by Crippen LogP contribution is 2.16. The molecule has 0 aliphatic carbocycles. The number of aromatic nitrogens is 2. The first kappa shape index (κ1) is 1.64. The minimum Gasteiger partial charge on any atom is -0.261 e. The summed E-state index contributed by atoms with van der Waals surface area (Å²) in [5.41, 5.74) is -1.33. The number of hydrogen-bond donors (Lipinski definition) is 0. The Bertz CT molecular complexity index is 451. The van der Waals surface area contributed by atoms with Crippen molar-refractivity contribution in [2.24, 2.45) is 6.98 Å². The first-order chi connectivity index (χ1) is 7.76. The summed E-state index contributed by atoms with van der Waals surface area (Å²) in [5.74, 6) is 0. The van der Waals surface area contributed by atoms with Crippen LogP contribution in [-0.4, -0.2) is 9.78 Å². The summed E-state index contributed by atoms with van der Waals surface area (Å²) in [6.45, 7) is -8.34. The van der Waals surface area contributed by atoms with Crippen LogP contribution in [0.4, 0.5) is 0 Å². The molecule has 50 valence electrons. The van der Waals surface area contributed by atoms with Crippen molar-refractivity contribution in [3.8, 4) is 0 Å². The number of halogens is 1. The van der Waals surface area contributed by atoms with Crippen LogP contribution in [0.1, 0.15) is 23.6 Å². The smallest absolute Gasteiger partial charge is 0.106 e. The molecular formula is C6H9BrN2. The molecular weight excluding hydrogens is 180 g/mol. The summed E-state index contributed by atoms with van der Waals surface area (Å²) in [7, 11) is 0. The maximum absolute atomic E-state index is 7.27. The molecule has 0 fully saturated rings.